The molecular formula is C14H20N2. The first-order chi connectivity index (χ1) is 7.85. The summed E-state index contributed by atoms with van der Waals surface area (Å²) in [6.07, 6.45) is 10.1. The average molecular weight is 216 g/mol. The molecule has 2 saturated carbocycles. The molecule has 0 spiro atoms. The van der Waals surface area contributed by atoms with Gasteiger partial charge in [0, 0.05) is 0 Å². The molecule has 0 bridgehead atoms. The minimum absolute atomic E-state index is 0.0123. The Labute approximate surface area is 98.3 Å². The highest BCUT2D eigenvalue weighted by molar-refractivity contribution is 5.05. The van der Waals surface area contributed by atoms with Crippen LogP contribution in [-0.4, -0.2) is 0 Å². The van der Waals surface area contributed by atoms with Crippen molar-refractivity contribution in [3.63, 3.8) is 0 Å². The SMILES string of the molecule is N#CC1CC(C2CCCCCC2)CC1C#N. The van der Waals surface area contributed by atoms with Gasteiger partial charge in [-0.25, -0.2) is 0 Å². The van der Waals surface area contributed by atoms with Gasteiger partial charge < -0.3 is 0 Å². The average Bonchev–Trinajstić information content (AvgIpc) is 2.54. The van der Waals surface area contributed by atoms with E-state index in [1.165, 1.54) is 38.5 Å². The second-order valence-electron chi connectivity index (χ2n) is 5.45. The van der Waals surface area contributed by atoms with Gasteiger partial charge in [0.05, 0.1) is 24.0 Å². The maximum Gasteiger partial charge on any atom is 0.0669 e. The molecule has 0 saturated heterocycles. The maximum atomic E-state index is 9.04. The minimum Gasteiger partial charge on any atom is -0.198 e. The van der Waals surface area contributed by atoms with Gasteiger partial charge in [-0.15, -0.1) is 0 Å². The van der Waals surface area contributed by atoms with Crippen LogP contribution in [0.2, 0.25) is 0 Å². The van der Waals surface area contributed by atoms with Gasteiger partial charge in [0.1, 0.15) is 0 Å². The molecule has 0 N–H and O–H groups in total. The molecule has 0 aromatic rings. The molecule has 2 rings (SSSR count). The molecule has 2 atom stereocenters. The molecule has 2 fully saturated rings. The Balaban J connectivity index is 1.96. The smallest absolute Gasteiger partial charge is 0.0669 e. The summed E-state index contributed by atoms with van der Waals surface area (Å²) >= 11 is 0. The molecule has 0 heterocycles. The van der Waals surface area contributed by atoms with Crippen molar-refractivity contribution in [3.05, 3.63) is 0 Å². The Morgan fingerprint density at radius 2 is 1.19 bits per heavy atom. The van der Waals surface area contributed by atoms with Crippen LogP contribution in [0, 0.1) is 46.3 Å². The molecule has 2 unspecified atom stereocenters. The molecule has 16 heavy (non-hydrogen) atoms. The van der Waals surface area contributed by atoms with Gasteiger partial charge in [0.25, 0.3) is 0 Å². The fourth-order valence-corrected chi connectivity index (χ4v) is 3.53. The van der Waals surface area contributed by atoms with Crippen molar-refractivity contribution in [2.24, 2.45) is 23.7 Å². The second-order valence-corrected chi connectivity index (χ2v) is 5.45. The molecular weight excluding hydrogens is 196 g/mol. The summed E-state index contributed by atoms with van der Waals surface area (Å²) in [5.74, 6) is 1.49. The summed E-state index contributed by atoms with van der Waals surface area (Å²) in [6.45, 7) is 0. The lowest BCUT2D eigenvalue weighted by atomic mass is 9.84. The Morgan fingerprint density at radius 3 is 1.62 bits per heavy atom. The van der Waals surface area contributed by atoms with Crippen LogP contribution in [0.15, 0.2) is 0 Å². The van der Waals surface area contributed by atoms with Crippen molar-refractivity contribution in [2.75, 3.05) is 0 Å². The fraction of sp³-hybridized carbons (Fsp3) is 0.857. The highest BCUT2D eigenvalue weighted by atomic mass is 14.4. The quantitative estimate of drug-likeness (QED) is 0.628. The zero-order valence-electron chi connectivity index (χ0n) is 9.86. The zero-order valence-corrected chi connectivity index (χ0v) is 9.86. The van der Waals surface area contributed by atoms with Crippen LogP contribution in [0.5, 0.6) is 0 Å². The highest BCUT2D eigenvalue weighted by Crippen LogP contribution is 2.43. The van der Waals surface area contributed by atoms with Crippen LogP contribution in [0.1, 0.15) is 51.4 Å². The molecule has 2 heteroatoms. The Hall–Kier alpha value is -1.02. The summed E-state index contributed by atoms with van der Waals surface area (Å²) in [6, 6.07) is 4.65. The van der Waals surface area contributed by atoms with Crippen LogP contribution >= 0.6 is 0 Å². The molecule has 0 aromatic carbocycles. The lowest BCUT2D eigenvalue weighted by Gasteiger charge is -2.21. The van der Waals surface area contributed by atoms with E-state index in [0.29, 0.717) is 5.92 Å². The first kappa shape index (κ1) is 11.5. The van der Waals surface area contributed by atoms with E-state index in [9.17, 15) is 0 Å². The summed E-state index contributed by atoms with van der Waals surface area (Å²) in [4.78, 5) is 0. The number of hydrogen-bond donors (Lipinski definition) is 0. The van der Waals surface area contributed by atoms with Gasteiger partial charge >= 0.3 is 0 Å². The van der Waals surface area contributed by atoms with Crippen LogP contribution in [0.3, 0.4) is 0 Å². The molecule has 86 valence electrons. The fourth-order valence-electron chi connectivity index (χ4n) is 3.53. The number of rotatable bonds is 1. The first-order valence-corrected chi connectivity index (χ1v) is 6.64. The highest BCUT2D eigenvalue weighted by Gasteiger charge is 2.38. The third kappa shape index (κ3) is 2.38. The van der Waals surface area contributed by atoms with Crippen LogP contribution in [0.25, 0.3) is 0 Å². The van der Waals surface area contributed by atoms with Gasteiger partial charge in [-0.3, -0.25) is 0 Å². The second kappa shape index (κ2) is 5.35. The zero-order chi connectivity index (χ0) is 11.4. The van der Waals surface area contributed by atoms with Crippen molar-refractivity contribution < 1.29 is 0 Å². The molecule has 2 aliphatic rings. The predicted octanol–water partition coefficient (Wildman–Crippen LogP) is 3.65. The Bertz CT molecular complexity index is 280. The van der Waals surface area contributed by atoms with Gasteiger partial charge in [-0.1, -0.05) is 38.5 Å². The number of nitrogens with zero attached hydrogens (tertiary/aromatic N) is 2. The summed E-state index contributed by atoms with van der Waals surface area (Å²) < 4.78 is 0. The number of hydrogen-bond acceptors (Lipinski definition) is 2. The molecule has 0 radical (unpaired) electrons. The minimum atomic E-state index is 0.0123. The van der Waals surface area contributed by atoms with E-state index >= 15 is 0 Å². The lowest BCUT2D eigenvalue weighted by molar-refractivity contribution is 0.298. The Morgan fingerprint density at radius 1 is 0.688 bits per heavy atom. The molecule has 0 aromatic heterocycles. The van der Waals surface area contributed by atoms with Gasteiger partial charge in [-0.2, -0.15) is 10.5 Å². The molecule has 2 nitrogen and oxygen atoms in total. The monoisotopic (exact) mass is 216 g/mol. The maximum absolute atomic E-state index is 9.04. The van der Waals surface area contributed by atoms with Crippen molar-refractivity contribution in [1.29, 1.82) is 10.5 Å². The predicted molar refractivity (Wildman–Crippen MR) is 62.1 cm³/mol. The third-order valence-electron chi connectivity index (χ3n) is 4.50. The van der Waals surface area contributed by atoms with E-state index < -0.39 is 0 Å². The first-order valence-electron chi connectivity index (χ1n) is 6.64. The topological polar surface area (TPSA) is 47.6 Å². The van der Waals surface area contributed by atoms with Crippen molar-refractivity contribution in [2.45, 2.75) is 51.4 Å². The van der Waals surface area contributed by atoms with Gasteiger partial charge in [0.2, 0.25) is 0 Å². The lowest BCUT2D eigenvalue weighted by Crippen LogP contribution is -2.11. The van der Waals surface area contributed by atoms with Crippen molar-refractivity contribution in [3.8, 4) is 12.1 Å². The Kier molecular flexibility index (Phi) is 3.83. The third-order valence-corrected chi connectivity index (χ3v) is 4.50. The normalized spacial score (nSPS) is 36.2. The van der Waals surface area contributed by atoms with Gasteiger partial charge in [0.15, 0.2) is 0 Å². The van der Waals surface area contributed by atoms with E-state index in [1.807, 2.05) is 0 Å². The number of nitriles is 2. The van der Waals surface area contributed by atoms with Crippen LogP contribution < -0.4 is 0 Å². The van der Waals surface area contributed by atoms with Crippen molar-refractivity contribution in [1.82, 2.24) is 0 Å². The molecule has 0 aliphatic heterocycles. The van der Waals surface area contributed by atoms with Crippen LogP contribution in [-0.2, 0) is 0 Å². The summed E-state index contributed by atoms with van der Waals surface area (Å²) in [7, 11) is 0. The molecule has 0 amide bonds. The van der Waals surface area contributed by atoms with E-state index in [4.69, 9.17) is 10.5 Å². The summed E-state index contributed by atoms with van der Waals surface area (Å²) in [5.41, 5.74) is 0. The van der Waals surface area contributed by atoms with Crippen molar-refractivity contribution >= 4 is 0 Å². The standard InChI is InChI=1S/C14H20N2/c15-9-13-7-12(8-14(13)10-16)11-5-3-1-2-4-6-11/h11-14H,1-8H2. The van der Waals surface area contributed by atoms with E-state index in [0.717, 1.165) is 18.8 Å². The largest absolute Gasteiger partial charge is 0.198 e. The summed E-state index contributed by atoms with van der Waals surface area (Å²) in [5, 5.41) is 18.1. The van der Waals surface area contributed by atoms with Crippen LogP contribution in [0.4, 0.5) is 0 Å². The van der Waals surface area contributed by atoms with E-state index in [1.54, 1.807) is 0 Å². The van der Waals surface area contributed by atoms with E-state index in [2.05, 4.69) is 12.1 Å². The van der Waals surface area contributed by atoms with E-state index in [-0.39, 0.29) is 11.8 Å². The van der Waals surface area contributed by atoms with Gasteiger partial charge in [-0.05, 0) is 24.7 Å². The molecule has 2 aliphatic carbocycles.